The number of para-hydroxylation sites is 1. The molecule has 250 valence electrons. The van der Waals surface area contributed by atoms with Crippen LogP contribution in [0.1, 0.15) is 55.3 Å². The fourth-order valence-electron chi connectivity index (χ4n) is 6.21. The van der Waals surface area contributed by atoms with Gasteiger partial charge in [0, 0.05) is 43.8 Å². The number of anilines is 3. The summed E-state index contributed by atoms with van der Waals surface area (Å²) >= 11 is 1.20. The van der Waals surface area contributed by atoms with Crippen molar-refractivity contribution in [1.82, 2.24) is 20.1 Å². The summed E-state index contributed by atoms with van der Waals surface area (Å²) in [5.74, 6) is 0.846. The van der Waals surface area contributed by atoms with E-state index in [1.54, 1.807) is 42.8 Å². The third-order valence-corrected chi connectivity index (χ3v) is 9.64. The molecule has 1 fully saturated rings. The van der Waals surface area contributed by atoms with Crippen molar-refractivity contribution < 1.29 is 29.0 Å². The SMILES string of the molecule is Cc1cc(Oc2ccccc2)ccc1N1C(=O)Nc2c(C(=O)N[C@@H]3CCCN(C(=O)CCN(C(=O)O)C(C)(C)C)C3)sc3nccc1c23. The number of thiophene rings is 1. The number of pyridine rings is 1. The maximum Gasteiger partial charge on any atom is 0.407 e. The molecule has 6 rings (SSSR count). The van der Waals surface area contributed by atoms with Gasteiger partial charge in [0.1, 0.15) is 21.2 Å². The highest BCUT2D eigenvalue weighted by molar-refractivity contribution is 7.21. The van der Waals surface area contributed by atoms with Crippen molar-refractivity contribution in [2.75, 3.05) is 29.9 Å². The summed E-state index contributed by atoms with van der Waals surface area (Å²) in [6.07, 6.45) is 2.00. The van der Waals surface area contributed by atoms with Gasteiger partial charge in [0.05, 0.1) is 22.4 Å². The molecule has 4 aromatic rings. The van der Waals surface area contributed by atoms with Crippen LogP contribution < -0.4 is 20.3 Å². The standard InChI is InChI=1S/C35H38N6O6S/c1-21-19-24(47-23-10-6-5-7-11-23)12-13-25(21)41-26-14-16-36-32-28(26)29(38-33(41)44)30(48-32)31(43)37-22-9-8-17-39(20-22)27(42)15-18-40(34(45)46)35(2,3)4/h5-7,10-14,16,19,22H,8-9,15,17-18,20H2,1-4H3,(H,37,43)(H,38,44)(H,45,46)/t22-/m1/s1. The van der Waals surface area contributed by atoms with Crippen molar-refractivity contribution in [3.05, 3.63) is 71.2 Å². The van der Waals surface area contributed by atoms with Crippen LogP contribution >= 0.6 is 11.3 Å². The number of nitrogens with zero attached hydrogens (tertiary/aromatic N) is 4. The maximum atomic E-state index is 13.7. The monoisotopic (exact) mass is 670 g/mol. The topological polar surface area (TPSA) is 144 Å². The van der Waals surface area contributed by atoms with Gasteiger partial charge < -0.3 is 30.3 Å². The van der Waals surface area contributed by atoms with Crippen LogP contribution in [0.25, 0.3) is 10.2 Å². The molecule has 0 unspecified atom stereocenters. The second-order valence-electron chi connectivity index (χ2n) is 13.0. The number of hydrogen-bond donors (Lipinski definition) is 3. The van der Waals surface area contributed by atoms with Gasteiger partial charge >= 0.3 is 12.1 Å². The van der Waals surface area contributed by atoms with Gasteiger partial charge in [0.15, 0.2) is 0 Å². The molecular formula is C35H38N6O6S. The summed E-state index contributed by atoms with van der Waals surface area (Å²) in [6.45, 7) is 8.23. The number of carbonyl (C=O) groups excluding carboxylic acids is 3. The summed E-state index contributed by atoms with van der Waals surface area (Å²) in [4.78, 5) is 62.1. The van der Waals surface area contributed by atoms with Gasteiger partial charge in [0.2, 0.25) is 5.91 Å². The first-order chi connectivity index (χ1) is 22.9. The Morgan fingerprint density at radius 2 is 1.88 bits per heavy atom. The van der Waals surface area contributed by atoms with Crippen molar-refractivity contribution >= 4 is 62.6 Å². The minimum atomic E-state index is -1.07. The van der Waals surface area contributed by atoms with Crippen LogP contribution in [0.4, 0.5) is 26.7 Å². The van der Waals surface area contributed by atoms with Crippen LogP contribution in [0.3, 0.4) is 0 Å². The highest BCUT2D eigenvalue weighted by atomic mass is 32.1. The number of rotatable bonds is 8. The average molecular weight is 671 g/mol. The zero-order valence-electron chi connectivity index (χ0n) is 27.3. The van der Waals surface area contributed by atoms with Gasteiger partial charge in [-0.25, -0.2) is 14.6 Å². The molecule has 0 bridgehead atoms. The number of aryl methyl sites for hydroxylation is 1. The van der Waals surface area contributed by atoms with E-state index in [2.05, 4.69) is 15.6 Å². The summed E-state index contributed by atoms with van der Waals surface area (Å²) in [6, 6.07) is 16.0. The number of hydrogen-bond acceptors (Lipinski definition) is 7. The second-order valence-corrected chi connectivity index (χ2v) is 14.0. The first-order valence-corrected chi connectivity index (χ1v) is 16.7. The molecule has 2 aliphatic rings. The molecule has 2 aliphatic heterocycles. The Morgan fingerprint density at radius 1 is 1.10 bits per heavy atom. The van der Waals surface area contributed by atoms with E-state index in [0.717, 1.165) is 5.56 Å². The number of urea groups is 1. The molecular weight excluding hydrogens is 632 g/mol. The normalized spacial score (nSPS) is 16.0. The number of likely N-dealkylation sites (tertiary alicyclic amines) is 1. The van der Waals surface area contributed by atoms with Gasteiger partial charge in [0.25, 0.3) is 5.91 Å². The van der Waals surface area contributed by atoms with E-state index >= 15 is 0 Å². The summed E-state index contributed by atoms with van der Waals surface area (Å²) in [5, 5.41) is 16.3. The number of ether oxygens (including phenoxy) is 1. The lowest BCUT2D eigenvalue weighted by Gasteiger charge is -2.36. The molecule has 1 saturated heterocycles. The molecule has 2 aromatic carbocycles. The minimum absolute atomic E-state index is 0.0595. The summed E-state index contributed by atoms with van der Waals surface area (Å²) in [7, 11) is 0. The van der Waals surface area contributed by atoms with Gasteiger partial charge in [-0.2, -0.15) is 0 Å². The summed E-state index contributed by atoms with van der Waals surface area (Å²) < 4.78 is 5.98. The lowest BCUT2D eigenvalue weighted by molar-refractivity contribution is -0.132. The Labute approximate surface area is 282 Å². The Morgan fingerprint density at radius 3 is 2.58 bits per heavy atom. The van der Waals surface area contributed by atoms with Crippen molar-refractivity contribution in [2.24, 2.45) is 0 Å². The van der Waals surface area contributed by atoms with E-state index in [1.165, 1.54) is 16.2 Å². The molecule has 0 aliphatic carbocycles. The lowest BCUT2D eigenvalue weighted by Crippen LogP contribution is -2.51. The Balaban J connectivity index is 1.18. The van der Waals surface area contributed by atoms with E-state index in [4.69, 9.17) is 4.74 Å². The van der Waals surface area contributed by atoms with Crippen molar-refractivity contribution in [2.45, 2.75) is 58.5 Å². The Bertz CT molecular complexity index is 1890. The van der Waals surface area contributed by atoms with Crippen LogP contribution in [0, 0.1) is 6.92 Å². The fraction of sp³-hybridized carbons (Fsp3) is 0.343. The van der Waals surface area contributed by atoms with Crippen molar-refractivity contribution in [3.8, 4) is 11.5 Å². The minimum Gasteiger partial charge on any atom is -0.465 e. The highest BCUT2D eigenvalue weighted by Crippen LogP contribution is 2.46. The van der Waals surface area contributed by atoms with Gasteiger partial charge in [-0.1, -0.05) is 18.2 Å². The predicted octanol–water partition coefficient (Wildman–Crippen LogP) is 6.97. The predicted molar refractivity (Wildman–Crippen MR) is 185 cm³/mol. The third kappa shape index (κ3) is 6.63. The van der Waals surface area contributed by atoms with E-state index in [9.17, 15) is 24.3 Å². The molecule has 2 aromatic heterocycles. The van der Waals surface area contributed by atoms with E-state index in [-0.39, 0.29) is 30.8 Å². The van der Waals surface area contributed by atoms with Gasteiger partial charge in [-0.05, 0) is 82.5 Å². The Hall–Kier alpha value is -5.17. The number of benzene rings is 2. The van der Waals surface area contributed by atoms with Crippen LogP contribution in [0.15, 0.2) is 60.8 Å². The first-order valence-electron chi connectivity index (χ1n) is 15.9. The molecule has 0 radical (unpaired) electrons. The van der Waals surface area contributed by atoms with Gasteiger partial charge in [-0.15, -0.1) is 11.3 Å². The van der Waals surface area contributed by atoms with E-state index in [1.807, 2.05) is 55.5 Å². The molecule has 5 amide bonds. The van der Waals surface area contributed by atoms with Crippen molar-refractivity contribution in [3.63, 3.8) is 0 Å². The number of amides is 5. The molecule has 12 nitrogen and oxygen atoms in total. The smallest absolute Gasteiger partial charge is 0.407 e. The zero-order valence-corrected chi connectivity index (χ0v) is 28.1. The highest BCUT2D eigenvalue weighted by Gasteiger charge is 2.35. The quantitative estimate of drug-likeness (QED) is 0.184. The van der Waals surface area contributed by atoms with Gasteiger partial charge in [-0.3, -0.25) is 14.5 Å². The van der Waals surface area contributed by atoms with Crippen LogP contribution in [-0.4, -0.2) is 75.0 Å². The van der Waals surface area contributed by atoms with Crippen molar-refractivity contribution in [1.29, 1.82) is 0 Å². The van der Waals surface area contributed by atoms with E-state index < -0.39 is 17.7 Å². The molecule has 4 heterocycles. The third-order valence-electron chi connectivity index (χ3n) is 8.54. The first kappa shape index (κ1) is 32.8. The largest absolute Gasteiger partial charge is 0.465 e. The molecule has 48 heavy (non-hydrogen) atoms. The average Bonchev–Trinajstić information content (AvgIpc) is 3.41. The molecule has 0 saturated carbocycles. The number of carboxylic acid groups (broad SMARTS) is 1. The fourth-order valence-corrected chi connectivity index (χ4v) is 7.23. The molecule has 3 N–H and O–H groups in total. The van der Waals surface area contributed by atoms with Crippen LogP contribution in [0.2, 0.25) is 0 Å². The zero-order chi connectivity index (χ0) is 34.2. The molecule has 13 heteroatoms. The van der Waals surface area contributed by atoms with Crippen LogP contribution in [0.5, 0.6) is 11.5 Å². The maximum absolute atomic E-state index is 13.7. The van der Waals surface area contributed by atoms with Crippen LogP contribution in [-0.2, 0) is 4.79 Å². The number of aromatic nitrogens is 1. The lowest BCUT2D eigenvalue weighted by atomic mass is 10.0. The molecule has 1 atom stereocenters. The Kier molecular flexibility index (Phi) is 8.97. The number of carbonyl (C=O) groups is 4. The summed E-state index contributed by atoms with van der Waals surface area (Å²) in [5.41, 5.74) is 1.90. The van der Waals surface area contributed by atoms with E-state index in [0.29, 0.717) is 69.6 Å². The second kappa shape index (κ2) is 13.1. The number of nitrogens with one attached hydrogen (secondary N) is 2. The molecule has 0 spiro atoms. The number of piperidine rings is 1.